The molecule has 2 atom stereocenters. The zero-order chi connectivity index (χ0) is 22.5. The molecule has 0 aliphatic heterocycles. The quantitative estimate of drug-likeness (QED) is 0.408. The van der Waals surface area contributed by atoms with Gasteiger partial charge in [0.05, 0.1) is 4.47 Å². The SMILES string of the molecule is CC[C@H](C)[C@H](NNC(=O)c1cc(=O)c2c(Oc3ccccc3Br)cccc2o1)C(=O)O. The summed E-state index contributed by atoms with van der Waals surface area (Å²) in [6.45, 7) is 3.60. The predicted molar refractivity (Wildman–Crippen MR) is 118 cm³/mol. The maximum absolute atomic E-state index is 12.8. The maximum atomic E-state index is 12.8. The lowest BCUT2D eigenvalue weighted by Gasteiger charge is -2.20. The van der Waals surface area contributed by atoms with Crippen LogP contribution in [-0.4, -0.2) is 23.0 Å². The van der Waals surface area contributed by atoms with Crippen molar-refractivity contribution >= 4 is 38.8 Å². The van der Waals surface area contributed by atoms with Gasteiger partial charge in [0.25, 0.3) is 0 Å². The number of amides is 1. The number of ether oxygens (including phenoxy) is 1. The number of hydrogen-bond acceptors (Lipinski definition) is 6. The molecule has 3 N–H and O–H groups in total. The molecular formula is C22H21BrN2O6. The van der Waals surface area contributed by atoms with E-state index in [1.165, 1.54) is 0 Å². The van der Waals surface area contributed by atoms with Crippen LogP contribution in [0.1, 0.15) is 30.8 Å². The lowest BCUT2D eigenvalue weighted by Crippen LogP contribution is -2.51. The Kier molecular flexibility index (Phi) is 7.09. The van der Waals surface area contributed by atoms with Gasteiger partial charge in [-0.25, -0.2) is 5.43 Å². The molecule has 0 aliphatic carbocycles. The highest BCUT2D eigenvalue weighted by atomic mass is 79.9. The van der Waals surface area contributed by atoms with Gasteiger partial charge in [0.2, 0.25) is 0 Å². The second kappa shape index (κ2) is 9.76. The van der Waals surface area contributed by atoms with Crippen LogP contribution in [0.4, 0.5) is 0 Å². The van der Waals surface area contributed by atoms with E-state index in [4.69, 9.17) is 9.15 Å². The molecule has 162 valence electrons. The molecule has 0 spiro atoms. The fraction of sp³-hybridized carbons (Fsp3) is 0.227. The monoisotopic (exact) mass is 488 g/mol. The van der Waals surface area contributed by atoms with Crippen LogP contribution in [0.15, 0.2) is 62.2 Å². The van der Waals surface area contributed by atoms with Gasteiger partial charge >= 0.3 is 11.9 Å². The van der Waals surface area contributed by atoms with Crippen molar-refractivity contribution in [3.63, 3.8) is 0 Å². The van der Waals surface area contributed by atoms with Crippen LogP contribution in [0.5, 0.6) is 11.5 Å². The zero-order valence-corrected chi connectivity index (χ0v) is 18.4. The van der Waals surface area contributed by atoms with Gasteiger partial charge in [-0.15, -0.1) is 0 Å². The summed E-state index contributed by atoms with van der Waals surface area (Å²) in [6.07, 6.45) is 0.602. The Morgan fingerprint density at radius 1 is 1.16 bits per heavy atom. The van der Waals surface area contributed by atoms with Gasteiger partial charge in [0.15, 0.2) is 11.2 Å². The molecule has 1 amide bonds. The van der Waals surface area contributed by atoms with E-state index in [1.807, 2.05) is 19.1 Å². The Morgan fingerprint density at radius 2 is 1.87 bits per heavy atom. The number of carboxylic acids is 1. The van der Waals surface area contributed by atoms with Gasteiger partial charge in [-0.05, 0) is 46.1 Å². The molecular weight excluding hydrogens is 468 g/mol. The molecule has 8 nitrogen and oxygen atoms in total. The second-order valence-electron chi connectivity index (χ2n) is 6.94. The van der Waals surface area contributed by atoms with Crippen molar-refractivity contribution in [2.24, 2.45) is 5.92 Å². The molecule has 3 rings (SSSR count). The van der Waals surface area contributed by atoms with Crippen molar-refractivity contribution in [3.05, 3.63) is 69.0 Å². The number of benzene rings is 2. The number of fused-ring (bicyclic) bond motifs is 1. The molecule has 9 heteroatoms. The summed E-state index contributed by atoms with van der Waals surface area (Å²) in [5.41, 5.74) is 4.50. The Labute approximate surface area is 186 Å². The summed E-state index contributed by atoms with van der Waals surface area (Å²) in [6, 6.07) is 12.1. The second-order valence-corrected chi connectivity index (χ2v) is 7.79. The molecule has 0 bridgehead atoms. The number of carboxylic acid groups (broad SMARTS) is 1. The first-order valence-electron chi connectivity index (χ1n) is 9.59. The Bertz CT molecular complexity index is 1180. The van der Waals surface area contributed by atoms with Crippen LogP contribution in [0.25, 0.3) is 11.0 Å². The van der Waals surface area contributed by atoms with Crippen LogP contribution < -0.4 is 21.0 Å². The van der Waals surface area contributed by atoms with E-state index in [2.05, 4.69) is 26.8 Å². The van der Waals surface area contributed by atoms with Crippen molar-refractivity contribution < 1.29 is 23.8 Å². The highest BCUT2D eigenvalue weighted by Crippen LogP contribution is 2.32. The molecule has 3 aromatic rings. The Balaban J connectivity index is 1.87. The van der Waals surface area contributed by atoms with Crippen LogP contribution >= 0.6 is 15.9 Å². The number of hydrazine groups is 1. The number of hydrogen-bond donors (Lipinski definition) is 3. The van der Waals surface area contributed by atoms with Crippen LogP contribution in [-0.2, 0) is 4.79 Å². The molecule has 0 unspecified atom stereocenters. The smallest absolute Gasteiger partial charge is 0.322 e. The van der Waals surface area contributed by atoms with Gasteiger partial charge in [0, 0.05) is 6.07 Å². The average molecular weight is 489 g/mol. The summed E-state index contributed by atoms with van der Waals surface area (Å²) < 4.78 is 12.2. The van der Waals surface area contributed by atoms with Crippen LogP contribution in [0, 0.1) is 5.92 Å². The topological polar surface area (TPSA) is 118 Å². The third-order valence-electron chi connectivity index (χ3n) is 4.82. The number of halogens is 1. The molecule has 0 radical (unpaired) electrons. The van der Waals surface area contributed by atoms with Gasteiger partial charge in [-0.2, -0.15) is 0 Å². The number of aliphatic carboxylic acids is 1. The summed E-state index contributed by atoms with van der Waals surface area (Å²) in [4.78, 5) is 36.6. The van der Waals surface area contributed by atoms with Gasteiger partial charge in [-0.3, -0.25) is 19.8 Å². The van der Waals surface area contributed by atoms with E-state index in [-0.39, 0.29) is 28.4 Å². The zero-order valence-electron chi connectivity index (χ0n) is 16.8. The first-order valence-corrected chi connectivity index (χ1v) is 10.4. The number of nitrogens with one attached hydrogen (secondary N) is 2. The molecule has 0 fully saturated rings. The fourth-order valence-electron chi connectivity index (χ4n) is 2.91. The van der Waals surface area contributed by atoms with Crippen molar-refractivity contribution in [2.45, 2.75) is 26.3 Å². The Morgan fingerprint density at radius 3 is 2.55 bits per heavy atom. The summed E-state index contributed by atoms with van der Waals surface area (Å²) >= 11 is 3.39. The van der Waals surface area contributed by atoms with E-state index in [0.29, 0.717) is 16.6 Å². The number of carbonyl (C=O) groups excluding carboxylic acids is 1. The third-order valence-corrected chi connectivity index (χ3v) is 5.47. The maximum Gasteiger partial charge on any atom is 0.322 e. The molecule has 0 saturated carbocycles. The molecule has 1 aromatic heterocycles. The predicted octanol–water partition coefficient (Wildman–Crippen LogP) is 4.08. The summed E-state index contributed by atoms with van der Waals surface area (Å²) in [5, 5.41) is 9.50. The minimum absolute atomic E-state index is 0.166. The minimum Gasteiger partial charge on any atom is -0.480 e. The van der Waals surface area contributed by atoms with Gasteiger partial charge in [0.1, 0.15) is 28.5 Å². The molecule has 0 saturated heterocycles. The highest BCUT2D eigenvalue weighted by molar-refractivity contribution is 9.10. The average Bonchev–Trinajstić information content (AvgIpc) is 2.74. The molecule has 1 heterocycles. The van der Waals surface area contributed by atoms with Gasteiger partial charge < -0.3 is 14.3 Å². The van der Waals surface area contributed by atoms with Crippen LogP contribution in [0.2, 0.25) is 0 Å². The van der Waals surface area contributed by atoms with Crippen molar-refractivity contribution in [3.8, 4) is 11.5 Å². The van der Waals surface area contributed by atoms with Crippen molar-refractivity contribution in [2.75, 3.05) is 0 Å². The lowest BCUT2D eigenvalue weighted by molar-refractivity contribution is -0.141. The third kappa shape index (κ3) is 5.12. The largest absolute Gasteiger partial charge is 0.480 e. The van der Waals surface area contributed by atoms with E-state index in [0.717, 1.165) is 6.07 Å². The van der Waals surface area contributed by atoms with Crippen molar-refractivity contribution in [1.29, 1.82) is 0 Å². The van der Waals surface area contributed by atoms with E-state index < -0.39 is 23.3 Å². The lowest BCUT2D eigenvalue weighted by atomic mass is 10.0. The fourth-order valence-corrected chi connectivity index (χ4v) is 3.27. The first kappa shape index (κ1) is 22.5. The van der Waals surface area contributed by atoms with E-state index in [9.17, 15) is 19.5 Å². The van der Waals surface area contributed by atoms with Crippen LogP contribution in [0.3, 0.4) is 0 Å². The first-order chi connectivity index (χ1) is 14.8. The number of carbonyl (C=O) groups is 2. The highest BCUT2D eigenvalue weighted by Gasteiger charge is 2.24. The van der Waals surface area contributed by atoms with Gasteiger partial charge in [-0.1, -0.05) is 38.5 Å². The van der Waals surface area contributed by atoms with Crippen molar-refractivity contribution in [1.82, 2.24) is 10.9 Å². The molecule has 0 aliphatic rings. The van der Waals surface area contributed by atoms with E-state index in [1.54, 1.807) is 37.3 Å². The molecule has 31 heavy (non-hydrogen) atoms. The minimum atomic E-state index is -1.09. The standard InChI is InChI=1S/C22H21BrN2O6/c1-3-12(2)20(22(28)29)24-25-21(27)18-11-14(26)19-16(9-6-10-17(19)31-18)30-15-8-5-4-7-13(15)23/h4-12,20,24H,3H2,1-2H3,(H,25,27)(H,28,29)/t12-,20-/m0/s1. The normalized spacial score (nSPS) is 12.9. The number of para-hydroxylation sites is 1. The number of rotatable bonds is 8. The summed E-state index contributed by atoms with van der Waals surface area (Å²) in [5.74, 6) is -1.53. The Hall–Kier alpha value is -3.17. The van der Waals surface area contributed by atoms with E-state index >= 15 is 0 Å². The molecule has 2 aromatic carbocycles. The summed E-state index contributed by atoms with van der Waals surface area (Å²) in [7, 11) is 0.